The van der Waals surface area contributed by atoms with Crippen molar-refractivity contribution in [1.82, 2.24) is 14.8 Å². The van der Waals surface area contributed by atoms with Crippen LogP contribution in [-0.2, 0) is 13.0 Å². The summed E-state index contributed by atoms with van der Waals surface area (Å²) >= 11 is 0. The van der Waals surface area contributed by atoms with E-state index < -0.39 is 0 Å². The van der Waals surface area contributed by atoms with Gasteiger partial charge in [-0.25, -0.2) is 0 Å². The summed E-state index contributed by atoms with van der Waals surface area (Å²) in [5.41, 5.74) is 7.08. The van der Waals surface area contributed by atoms with Crippen LogP contribution in [0, 0.1) is 0 Å². The van der Waals surface area contributed by atoms with Crippen LogP contribution < -0.4 is 10.5 Å². The predicted molar refractivity (Wildman–Crippen MR) is 72.9 cm³/mol. The highest BCUT2D eigenvalue weighted by Gasteiger charge is 2.21. The second-order valence-corrected chi connectivity index (χ2v) is 4.81. The molecule has 3 rings (SSSR count). The molecule has 1 atom stereocenters. The maximum atomic E-state index is 6.02. The molecule has 1 aromatic carbocycles. The zero-order valence-electron chi connectivity index (χ0n) is 11.0. The highest BCUT2D eigenvalue weighted by atomic mass is 16.5. The molecule has 1 aliphatic heterocycles. The number of nitrogens with zero attached hydrogens (tertiary/aromatic N) is 3. The largest absolute Gasteiger partial charge is 0.494 e. The van der Waals surface area contributed by atoms with Gasteiger partial charge in [-0.2, -0.15) is 0 Å². The van der Waals surface area contributed by atoms with Gasteiger partial charge in [0.1, 0.15) is 11.6 Å². The van der Waals surface area contributed by atoms with Gasteiger partial charge in [0, 0.05) is 24.6 Å². The maximum Gasteiger partial charge on any atom is 0.164 e. The summed E-state index contributed by atoms with van der Waals surface area (Å²) in [5, 5.41) is 8.55. The van der Waals surface area contributed by atoms with Gasteiger partial charge in [-0.05, 0) is 37.6 Å². The lowest BCUT2D eigenvalue weighted by Gasteiger charge is -2.20. The van der Waals surface area contributed by atoms with Crippen molar-refractivity contribution in [2.45, 2.75) is 32.4 Å². The third-order valence-electron chi connectivity index (χ3n) is 3.41. The normalized spacial score (nSPS) is 18.1. The van der Waals surface area contributed by atoms with Gasteiger partial charge in [-0.3, -0.25) is 0 Å². The first-order chi connectivity index (χ1) is 9.28. The van der Waals surface area contributed by atoms with Crippen molar-refractivity contribution in [3.8, 4) is 17.1 Å². The average Bonchev–Trinajstić information content (AvgIpc) is 2.83. The highest BCUT2D eigenvalue weighted by Crippen LogP contribution is 2.24. The Hall–Kier alpha value is -1.88. The van der Waals surface area contributed by atoms with E-state index in [2.05, 4.69) is 14.8 Å². The lowest BCUT2D eigenvalue weighted by atomic mass is 10.1. The molecule has 100 valence electrons. The van der Waals surface area contributed by atoms with Crippen molar-refractivity contribution < 1.29 is 4.74 Å². The number of aryl methyl sites for hydroxylation is 1. The molecule has 2 aromatic rings. The van der Waals surface area contributed by atoms with E-state index in [1.54, 1.807) is 0 Å². The standard InChI is InChI=1S/C14H18N4O/c1-2-19-12-6-3-10(4-7-12)14-17-16-13-8-5-11(15)9-18(13)14/h3-4,6-7,11H,2,5,8-9,15H2,1H3. The topological polar surface area (TPSA) is 66.0 Å². The van der Waals surface area contributed by atoms with Gasteiger partial charge in [0.2, 0.25) is 0 Å². The number of ether oxygens (including phenoxy) is 1. The Bertz CT molecular complexity index is 561. The predicted octanol–water partition coefficient (Wildman–Crippen LogP) is 1.62. The minimum absolute atomic E-state index is 0.199. The summed E-state index contributed by atoms with van der Waals surface area (Å²) < 4.78 is 7.57. The summed E-state index contributed by atoms with van der Waals surface area (Å²) in [6.07, 6.45) is 1.90. The van der Waals surface area contributed by atoms with Gasteiger partial charge >= 0.3 is 0 Å². The number of fused-ring (bicyclic) bond motifs is 1. The number of hydrogen-bond acceptors (Lipinski definition) is 4. The molecule has 1 aliphatic rings. The molecule has 1 aromatic heterocycles. The molecule has 19 heavy (non-hydrogen) atoms. The number of benzene rings is 1. The molecular formula is C14H18N4O. The van der Waals surface area contributed by atoms with Crippen molar-refractivity contribution in [3.05, 3.63) is 30.1 Å². The van der Waals surface area contributed by atoms with Gasteiger partial charge < -0.3 is 15.0 Å². The van der Waals surface area contributed by atoms with E-state index in [0.717, 1.165) is 42.3 Å². The van der Waals surface area contributed by atoms with Gasteiger partial charge in [-0.15, -0.1) is 10.2 Å². The number of aromatic nitrogens is 3. The van der Waals surface area contributed by atoms with Crippen molar-refractivity contribution in [3.63, 3.8) is 0 Å². The van der Waals surface area contributed by atoms with Crippen molar-refractivity contribution >= 4 is 0 Å². The van der Waals surface area contributed by atoms with Crippen LogP contribution in [0.2, 0.25) is 0 Å². The first kappa shape index (κ1) is 12.2. The van der Waals surface area contributed by atoms with Crippen LogP contribution in [0.15, 0.2) is 24.3 Å². The van der Waals surface area contributed by atoms with Crippen LogP contribution in [0.25, 0.3) is 11.4 Å². The Kier molecular flexibility index (Phi) is 3.21. The Morgan fingerprint density at radius 3 is 2.84 bits per heavy atom. The highest BCUT2D eigenvalue weighted by molar-refractivity contribution is 5.56. The monoisotopic (exact) mass is 258 g/mol. The minimum Gasteiger partial charge on any atom is -0.494 e. The summed E-state index contributed by atoms with van der Waals surface area (Å²) in [5.74, 6) is 2.81. The lowest BCUT2D eigenvalue weighted by molar-refractivity contribution is 0.340. The van der Waals surface area contributed by atoms with E-state index in [0.29, 0.717) is 6.61 Å². The van der Waals surface area contributed by atoms with Gasteiger partial charge in [0.15, 0.2) is 5.82 Å². The molecular weight excluding hydrogens is 240 g/mol. The molecule has 2 N–H and O–H groups in total. The average molecular weight is 258 g/mol. The molecule has 0 spiro atoms. The zero-order chi connectivity index (χ0) is 13.2. The fourth-order valence-corrected chi connectivity index (χ4v) is 2.43. The molecule has 0 saturated carbocycles. The minimum atomic E-state index is 0.199. The van der Waals surface area contributed by atoms with Crippen LogP contribution in [-0.4, -0.2) is 27.4 Å². The summed E-state index contributed by atoms with van der Waals surface area (Å²) in [7, 11) is 0. The van der Waals surface area contributed by atoms with E-state index in [1.807, 2.05) is 31.2 Å². The second-order valence-electron chi connectivity index (χ2n) is 4.81. The van der Waals surface area contributed by atoms with Crippen molar-refractivity contribution in [2.75, 3.05) is 6.61 Å². The molecule has 0 aliphatic carbocycles. The quantitative estimate of drug-likeness (QED) is 0.908. The third-order valence-corrected chi connectivity index (χ3v) is 3.41. The number of rotatable bonds is 3. The second kappa shape index (κ2) is 5.01. The van der Waals surface area contributed by atoms with E-state index in [4.69, 9.17) is 10.5 Å². The van der Waals surface area contributed by atoms with Gasteiger partial charge in [0.05, 0.1) is 6.61 Å². The van der Waals surface area contributed by atoms with Crippen LogP contribution in [0.4, 0.5) is 0 Å². The lowest BCUT2D eigenvalue weighted by Crippen LogP contribution is -2.32. The van der Waals surface area contributed by atoms with Gasteiger partial charge in [-0.1, -0.05) is 0 Å². The molecule has 5 nitrogen and oxygen atoms in total. The van der Waals surface area contributed by atoms with E-state index in [1.165, 1.54) is 0 Å². The van der Waals surface area contributed by atoms with Crippen LogP contribution in [0.3, 0.4) is 0 Å². The molecule has 0 bridgehead atoms. The van der Waals surface area contributed by atoms with E-state index in [-0.39, 0.29) is 6.04 Å². The molecule has 2 heterocycles. The van der Waals surface area contributed by atoms with E-state index in [9.17, 15) is 0 Å². The first-order valence-electron chi connectivity index (χ1n) is 6.69. The van der Waals surface area contributed by atoms with Crippen LogP contribution in [0.1, 0.15) is 19.2 Å². The summed E-state index contributed by atoms with van der Waals surface area (Å²) in [4.78, 5) is 0. The Balaban J connectivity index is 1.92. The van der Waals surface area contributed by atoms with E-state index >= 15 is 0 Å². The van der Waals surface area contributed by atoms with Crippen LogP contribution >= 0.6 is 0 Å². The number of nitrogens with two attached hydrogens (primary N) is 1. The molecule has 1 unspecified atom stereocenters. The zero-order valence-corrected chi connectivity index (χ0v) is 11.0. The smallest absolute Gasteiger partial charge is 0.164 e. The van der Waals surface area contributed by atoms with Gasteiger partial charge in [0.25, 0.3) is 0 Å². The fraction of sp³-hybridized carbons (Fsp3) is 0.429. The Morgan fingerprint density at radius 2 is 2.11 bits per heavy atom. The molecule has 0 saturated heterocycles. The number of hydrogen-bond donors (Lipinski definition) is 1. The van der Waals surface area contributed by atoms with Crippen molar-refractivity contribution in [2.24, 2.45) is 5.73 Å². The third kappa shape index (κ3) is 2.33. The first-order valence-corrected chi connectivity index (χ1v) is 6.69. The maximum absolute atomic E-state index is 6.02. The van der Waals surface area contributed by atoms with Crippen molar-refractivity contribution in [1.29, 1.82) is 0 Å². The summed E-state index contributed by atoms with van der Waals surface area (Å²) in [6.45, 7) is 3.45. The molecule has 0 radical (unpaired) electrons. The molecule has 5 heteroatoms. The molecule has 0 amide bonds. The SMILES string of the molecule is CCOc1ccc(-c2nnc3n2CC(N)CC3)cc1. The Morgan fingerprint density at radius 1 is 1.32 bits per heavy atom. The molecule has 0 fully saturated rings. The fourth-order valence-electron chi connectivity index (χ4n) is 2.43. The summed E-state index contributed by atoms with van der Waals surface area (Å²) in [6, 6.07) is 8.15. The Labute approximate surface area is 112 Å². The van der Waals surface area contributed by atoms with Crippen LogP contribution in [0.5, 0.6) is 5.75 Å².